The van der Waals surface area contributed by atoms with E-state index < -0.39 is 6.04 Å². The third-order valence-electron chi connectivity index (χ3n) is 5.20. The Balaban J connectivity index is 1.47. The molecule has 4 rings (SSSR count). The number of thioether (sulfide) groups is 1. The van der Waals surface area contributed by atoms with E-state index in [0.717, 1.165) is 11.1 Å². The van der Waals surface area contributed by atoms with Crippen LogP contribution in [-0.2, 0) is 11.2 Å². The van der Waals surface area contributed by atoms with Crippen LogP contribution in [0.25, 0.3) is 0 Å². The molecule has 152 valence electrons. The van der Waals surface area contributed by atoms with E-state index in [4.69, 9.17) is 9.47 Å². The minimum atomic E-state index is -0.562. The van der Waals surface area contributed by atoms with Gasteiger partial charge in [-0.1, -0.05) is 18.2 Å². The standard InChI is InChI=1S/C21H21FN2O4S/c1-27-16-7-6-14-17(18(16)28-2)20(26)24-15(11-29-21(14)24)19(25)23-9-8-12-4-3-5-13(22)10-12/h3-7,10,15,21H,8-9,11H2,1-2H3,(H,23,25). The lowest BCUT2D eigenvalue weighted by Crippen LogP contribution is -2.46. The van der Waals surface area contributed by atoms with Crippen LogP contribution in [0.1, 0.15) is 26.9 Å². The number of fused-ring (bicyclic) bond motifs is 3. The summed E-state index contributed by atoms with van der Waals surface area (Å²) in [6.07, 6.45) is 0.520. The van der Waals surface area contributed by atoms with Crippen LogP contribution in [-0.4, -0.2) is 49.3 Å². The number of hydrogen-bond acceptors (Lipinski definition) is 5. The normalized spacial score (nSPS) is 19.7. The van der Waals surface area contributed by atoms with Gasteiger partial charge in [-0.15, -0.1) is 11.8 Å². The van der Waals surface area contributed by atoms with Crippen LogP contribution in [0.2, 0.25) is 0 Å². The Morgan fingerprint density at radius 2 is 2.10 bits per heavy atom. The van der Waals surface area contributed by atoms with Crippen LogP contribution in [0.15, 0.2) is 36.4 Å². The first-order valence-corrected chi connectivity index (χ1v) is 10.3. The molecule has 2 aliphatic heterocycles. The topological polar surface area (TPSA) is 67.9 Å². The Morgan fingerprint density at radius 1 is 1.28 bits per heavy atom. The molecule has 1 saturated heterocycles. The second kappa shape index (κ2) is 7.94. The van der Waals surface area contributed by atoms with Crippen molar-refractivity contribution in [2.24, 2.45) is 0 Å². The minimum absolute atomic E-state index is 0.205. The zero-order chi connectivity index (χ0) is 20.5. The molecule has 0 spiro atoms. The maximum atomic E-state index is 13.3. The fraction of sp³-hybridized carbons (Fsp3) is 0.333. The van der Waals surface area contributed by atoms with Gasteiger partial charge < -0.3 is 19.7 Å². The summed E-state index contributed by atoms with van der Waals surface area (Å²) in [6, 6.07) is 9.38. The van der Waals surface area contributed by atoms with E-state index in [1.165, 1.54) is 26.4 Å². The lowest BCUT2D eigenvalue weighted by atomic mass is 10.1. The maximum Gasteiger partial charge on any atom is 0.260 e. The van der Waals surface area contributed by atoms with Crippen LogP contribution in [0.3, 0.4) is 0 Å². The number of nitrogens with one attached hydrogen (secondary N) is 1. The van der Waals surface area contributed by atoms with E-state index in [2.05, 4.69) is 5.32 Å². The van der Waals surface area contributed by atoms with Gasteiger partial charge in [-0.05, 0) is 30.2 Å². The van der Waals surface area contributed by atoms with Gasteiger partial charge in [0.05, 0.1) is 19.8 Å². The third kappa shape index (κ3) is 3.42. The second-order valence-electron chi connectivity index (χ2n) is 6.85. The van der Waals surface area contributed by atoms with Gasteiger partial charge in [-0.25, -0.2) is 4.39 Å². The molecule has 8 heteroatoms. The van der Waals surface area contributed by atoms with Gasteiger partial charge in [0.1, 0.15) is 17.2 Å². The number of rotatable bonds is 6. The molecule has 0 aliphatic carbocycles. The lowest BCUT2D eigenvalue weighted by Gasteiger charge is -2.22. The van der Waals surface area contributed by atoms with Crippen molar-refractivity contribution >= 4 is 23.6 Å². The monoisotopic (exact) mass is 416 g/mol. The van der Waals surface area contributed by atoms with Gasteiger partial charge in [0.25, 0.3) is 5.91 Å². The first kappa shape index (κ1) is 19.6. The average Bonchev–Trinajstić information content (AvgIpc) is 3.27. The zero-order valence-electron chi connectivity index (χ0n) is 16.1. The van der Waals surface area contributed by atoms with Crippen LogP contribution in [0, 0.1) is 5.82 Å². The number of benzene rings is 2. The maximum absolute atomic E-state index is 13.3. The molecular weight excluding hydrogens is 395 g/mol. The summed E-state index contributed by atoms with van der Waals surface area (Å²) in [5.74, 6) is 0.682. The predicted octanol–water partition coefficient (Wildman–Crippen LogP) is 2.77. The van der Waals surface area contributed by atoms with Gasteiger partial charge >= 0.3 is 0 Å². The van der Waals surface area contributed by atoms with Gasteiger partial charge in [-0.3, -0.25) is 9.59 Å². The van der Waals surface area contributed by atoms with Gasteiger partial charge in [0.2, 0.25) is 5.91 Å². The van der Waals surface area contributed by atoms with Crippen LogP contribution >= 0.6 is 11.8 Å². The summed E-state index contributed by atoms with van der Waals surface area (Å²) in [7, 11) is 3.02. The average molecular weight is 416 g/mol. The number of carbonyl (C=O) groups excluding carboxylic acids is 2. The van der Waals surface area contributed by atoms with Crippen molar-refractivity contribution in [3.63, 3.8) is 0 Å². The van der Waals surface area contributed by atoms with E-state index in [0.29, 0.717) is 35.8 Å². The van der Waals surface area contributed by atoms with Crippen LogP contribution < -0.4 is 14.8 Å². The molecule has 2 atom stereocenters. The van der Waals surface area contributed by atoms with Crippen molar-refractivity contribution < 1.29 is 23.5 Å². The molecule has 0 saturated carbocycles. The van der Waals surface area contributed by atoms with Crippen molar-refractivity contribution in [1.29, 1.82) is 0 Å². The third-order valence-corrected chi connectivity index (χ3v) is 6.50. The molecule has 29 heavy (non-hydrogen) atoms. The molecule has 1 N–H and O–H groups in total. The van der Waals surface area contributed by atoms with E-state index in [1.54, 1.807) is 28.8 Å². The molecule has 2 aliphatic rings. The van der Waals surface area contributed by atoms with E-state index in [9.17, 15) is 14.0 Å². The summed E-state index contributed by atoms with van der Waals surface area (Å²) in [5.41, 5.74) is 2.11. The SMILES string of the molecule is COc1ccc2c(c1OC)C(=O)N1C(C(=O)NCCc3cccc(F)c3)CSC21. The van der Waals surface area contributed by atoms with Gasteiger partial charge in [-0.2, -0.15) is 0 Å². The summed E-state index contributed by atoms with van der Waals surface area (Å²) < 4.78 is 24.0. The number of ether oxygens (including phenoxy) is 2. The molecular formula is C21H21FN2O4S. The molecule has 0 aromatic heterocycles. The van der Waals surface area contributed by atoms with Crippen molar-refractivity contribution in [3.05, 3.63) is 58.9 Å². The van der Waals surface area contributed by atoms with Gasteiger partial charge in [0.15, 0.2) is 11.5 Å². The van der Waals surface area contributed by atoms with Crippen LogP contribution in [0.4, 0.5) is 4.39 Å². The van der Waals surface area contributed by atoms with Gasteiger partial charge in [0, 0.05) is 17.9 Å². The highest BCUT2D eigenvalue weighted by atomic mass is 32.2. The number of hydrogen-bond donors (Lipinski definition) is 1. The molecule has 0 radical (unpaired) electrons. The highest BCUT2D eigenvalue weighted by Gasteiger charge is 2.50. The first-order chi connectivity index (χ1) is 14.0. The smallest absolute Gasteiger partial charge is 0.260 e. The van der Waals surface area contributed by atoms with Crippen molar-refractivity contribution in [3.8, 4) is 11.5 Å². The Labute approximate surface area is 172 Å². The highest BCUT2D eigenvalue weighted by molar-refractivity contribution is 7.99. The minimum Gasteiger partial charge on any atom is -0.493 e. The molecule has 6 nitrogen and oxygen atoms in total. The zero-order valence-corrected chi connectivity index (χ0v) is 16.9. The molecule has 2 aromatic rings. The fourth-order valence-electron chi connectivity index (χ4n) is 3.83. The summed E-state index contributed by atoms with van der Waals surface area (Å²) in [4.78, 5) is 27.5. The predicted molar refractivity (Wildman–Crippen MR) is 108 cm³/mol. The summed E-state index contributed by atoms with van der Waals surface area (Å²) in [6.45, 7) is 0.375. The number of amides is 2. The Morgan fingerprint density at radius 3 is 2.83 bits per heavy atom. The summed E-state index contributed by atoms with van der Waals surface area (Å²) in [5, 5.41) is 2.67. The highest BCUT2D eigenvalue weighted by Crippen LogP contribution is 2.52. The molecule has 0 bridgehead atoms. The first-order valence-electron chi connectivity index (χ1n) is 9.26. The molecule has 1 fully saturated rings. The lowest BCUT2D eigenvalue weighted by molar-refractivity contribution is -0.124. The van der Waals surface area contributed by atoms with Crippen molar-refractivity contribution in [2.45, 2.75) is 17.8 Å². The van der Waals surface area contributed by atoms with E-state index in [1.807, 2.05) is 12.1 Å². The molecule has 2 aromatic carbocycles. The number of methoxy groups -OCH3 is 2. The molecule has 2 unspecified atom stereocenters. The largest absolute Gasteiger partial charge is 0.493 e. The van der Waals surface area contributed by atoms with E-state index >= 15 is 0 Å². The number of carbonyl (C=O) groups is 2. The fourth-order valence-corrected chi connectivity index (χ4v) is 5.29. The quantitative estimate of drug-likeness (QED) is 0.784. The number of nitrogens with zero attached hydrogens (tertiary/aromatic N) is 1. The molecule has 2 amide bonds. The number of halogens is 1. The van der Waals surface area contributed by atoms with Crippen LogP contribution in [0.5, 0.6) is 11.5 Å². The van der Waals surface area contributed by atoms with E-state index in [-0.39, 0.29) is 23.0 Å². The van der Waals surface area contributed by atoms with Crippen molar-refractivity contribution in [1.82, 2.24) is 10.2 Å². The summed E-state index contributed by atoms with van der Waals surface area (Å²) >= 11 is 1.56. The Hall–Kier alpha value is -2.74. The molecule has 2 heterocycles. The van der Waals surface area contributed by atoms with Crippen molar-refractivity contribution in [2.75, 3.05) is 26.5 Å². The second-order valence-corrected chi connectivity index (χ2v) is 7.96. The Bertz CT molecular complexity index is 968. The Kier molecular flexibility index (Phi) is 5.36.